The first-order valence-corrected chi connectivity index (χ1v) is 9.49. The van der Waals surface area contributed by atoms with Crippen LogP contribution in [0.25, 0.3) is 5.57 Å². The maximum Gasteiger partial charge on any atom is 0.341 e. The Kier molecular flexibility index (Phi) is 5.11. The zero-order valence-electron chi connectivity index (χ0n) is 17.0. The quantitative estimate of drug-likeness (QED) is 0.209. The molecule has 7 N–H and O–H groups in total. The van der Waals surface area contributed by atoms with E-state index in [1.54, 1.807) is 30.6 Å². The van der Waals surface area contributed by atoms with Gasteiger partial charge in [-0.2, -0.15) is 5.10 Å². The van der Waals surface area contributed by atoms with Crippen LogP contribution in [0.1, 0.15) is 27.5 Å². The molecule has 1 unspecified atom stereocenters. The number of benzene rings is 1. The van der Waals surface area contributed by atoms with Gasteiger partial charge in [0.1, 0.15) is 17.1 Å². The molecule has 0 spiro atoms. The molecule has 1 amide bonds. The average molecular weight is 432 g/mol. The molecule has 1 aromatic carbocycles. The number of pyridine rings is 1. The second-order valence-corrected chi connectivity index (χ2v) is 7.06. The summed E-state index contributed by atoms with van der Waals surface area (Å²) in [7, 11) is 1.23. The lowest BCUT2D eigenvalue weighted by molar-refractivity contribution is -0.114. The standard InChI is InChI=1S/C22H20N6O4/c1-10(19(23)30)16-12-4-3-7-25-20(12)27-18(14-9-26-21(28-24)17(14)16)11-5-6-15(29)13(8-11)22(31)32-2/h3-9,18,29H,1,24H2,2H3,(H2,23,30)(H,25,27)(H,26,28). The number of aromatic hydroxyl groups is 1. The number of nitrogens with zero attached hydrogens (tertiary/aromatic N) is 2. The molecule has 1 atom stereocenters. The van der Waals surface area contributed by atoms with E-state index in [0.29, 0.717) is 39.5 Å². The Morgan fingerprint density at radius 1 is 1.31 bits per heavy atom. The van der Waals surface area contributed by atoms with Gasteiger partial charge >= 0.3 is 5.97 Å². The van der Waals surface area contributed by atoms with Crippen molar-refractivity contribution in [2.75, 3.05) is 12.4 Å². The van der Waals surface area contributed by atoms with E-state index in [-0.39, 0.29) is 16.9 Å². The summed E-state index contributed by atoms with van der Waals surface area (Å²) in [5.41, 5.74) is 8.45. The van der Waals surface area contributed by atoms with Gasteiger partial charge in [0.05, 0.1) is 13.2 Å². The minimum Gasteiger partial charge on any atom is -0.507 e. The number of methoxy groups -OCH3 is 1. The molecule has 10 nitrogen and oxygen atoms in total. The molecule has 2 aliphatic heterocycles. The minimum atomic E-state index is -0.707. The SMILES string of the molecule is C=C(C(N)=O)C1=C2C(=CN/C2=N/N)C(c2ccc(O)c(C(=O)OC)c2)Nc2ncccc21. The topological polar surface area (TPSA) is 165 Å². The molecule has 2 aromatic rings. The van der Waals surface area contributed by atoms with Gasteiger partial charge in [-0.05, 0) is 29.8 Å². The van der Waals surface area contributed by atoms with Crippen molar-refractivity contribution in [1.29, 1.82) is 0 Å². The van der Waals surface area contributed by atoms with Crippen molar-refractivity contribution in [2.24, 2.45) is 16.7 Å². The number of esters is 1. The highest BCUT2D eigenvalue weighted by Crippen LogP contribution is 2.44. The Labute approximate surface area is 183 Å². The first-order chi connectivity index (χ1) is 15.4. The second-order valence-electron chi connectivity index (χ2n) is 7.06. The molecule has 0 radical (unpaired) electrons. The molecule has 3 heterocycles. The first-order valence-electron chi connectivity index (χ1n) is 9.49. The van der Waals surface area contributed by atoms with Crippen molar-refractivity contribution in [1.82, 2.24) is 10.3 Å². The summed E-state index contributed by atoms with van der Waals surface area (Å²) in [6.45, 7) is 3.87. The first kappa shape index (κ1) is 20.7. The fourth-order valence-electron chi connectivity index (χ4n) is 3.80. The van der Waals surface area contributed by atoms with Gasteiger partial charge in [0.2, 0.25) is 5.91 Å². The molecule has 0 bridgehead atoms. The van der Waals surface area contributed by atoms with Crippen LogP contribution in [0, 0.1) is 0 Å². The molecule has 2 aliphatic rings. The molecular formula is C22H20N6O4. The predicted octanol–water partition coefficient (Wildman–Crippen LogP) is 1.29. The number of ether oxygens (including phenoxy) is 1. The van der Waals surface area contributed by atoms with E-state index in [1.807, 2.05) is 0 Å². The number of phenols is 1. The number of hydrazone groups is 1. The summed E-state index contributed by atoms with van der Waals surface area (Å²) in [5.74, 6) is 4.79. The maximum absolute atomic E-state index is 12.1. The highest BCUT2D eigenvalue weighted by molar-refractivity contribution is 6.20. The largest absolute Gasteiger partial charge is 0.507 e. The highest BCUT2D eigenvalue weighted by Gasteiger charge is 2.36. The Morgan fingerprint density at radius 2 is 2.09 bits per heavy atom. The summed E-state index contributed by atoms with van der Waals surface area (Å²) in [6, 6.07) is 7.51. The lowest BCUT2D eigenvalue weighted by atomic mass is 9.87. The van der Waals surface area contributed by atoms with Gasteiger partial charge in [-0.15, -0.1) is 0 Å². The van der Waals surface area contributed by atoms with Crippen LogP contribution >= 0.6 is 0 Å². The van der Waals surface area contributed by atoms with Crippen LogP contribution in [-0.2, 0) is 9.53 Å². The monoisotopic (exact) mass is 432 g/mol. The number of nitrogens with two attached hydrogens (primary N) is 2. The van der Waals surface area contributed by atoms with Gasteiger partial charge in [-0.1, -0.05) is 12.6 Å². The fraction of sp³-hybridized carbons (Fsp3) is 0.0909. The molecule has 0 saturated heterocycles. The summed E-state index contributed by atoms with van der Waals surface area (Å²) >= 11 is 0. The minimum absolute atomic E-state index is 0.00358. The van der Waals surface area contributed by atoms with E-state index >= 15 is 0 Å². The molecule has 4 rings (SSSR count). The molecule has 162 valence electrons. The maximum atomic E-state index is 12.1. The number of fused-ring (bicyclic) bond motifs is 2. The third-order valence-electron chi connectivity index (χ3n) is 5.30. The summed E-state index contributed by atoms with van der Waals surface area (Å²) < 4.78 is 4.77. The van der Waals surface area contributed by atoms with Crippen molar-refractivity contribution in [2.45, 2.75) is 6.04 Å². The van der Waals surface area contributed by atoms with Gasteiger partial charge in [0.25, 0.3) is 0 Å². The Balaban J connectivity index is 1.99. The Hall–Kier alpha value is -4.60. The molecule has 0 saturated carbocycles. The van der Waals surface area contributed by atoms with E-state index < -0.39 is 17.9 Å². The summed E-state index contributed by atoms with van der Waals surface area (Å²) in [4.78, 5) is 28.6. The molecule has 10 heteroatoms. The van der Waals surface area contributed by atoms with Crippen LogP contribution in [0.2, 0.25) is 0 Å². The lowest BCUT2D eigenvalue weighted by Crippen LogP contribution is -2.20. The lowest BCUT2D eigenvalue weighted by Gasteiger charge is -2.21. The van der Waals surface area contributed by atoms with Crippen LogP contribution in [0.3, 0.4) is 0 Å². The number of anilines is 1. The van der Waals surface area contributed by atoms with Crippen LogP contribution in [0.15, 0.2) is 71.1 Å². The number of carbonyl (C=O) groups is 2. The zero-order chi connectivity index (χ0) is 23.0. The number of primary amides is 1. The Bertz CT molecular complexity index is 1260. The van der Waals surface area contributed by atoms with Crippen molar-refractivity contribution in [3.05, 3.63) is 82.7 Å². The van der Waals surface area contributed by atoms with Crippen LogP contribution in [0.5, 0.6) is 5.75 Å². The van der Waals surface area contributed by atoms with Crippen molar-refractivity contribution < 1.29 is 19.4 Å². The smallest absolute Gasteiger partial charge is 0.341 e. The zero-order valence-corrected chi connectivity index (χ0v) is 17.0. The molecular weight excluding hydrogens is 412 g/mol. The van der Waals surface area contributed by atoms with E-state index in [4.69, 9.17) is 16.3 Å². The van der Waals surface area contributed by atoms with Crippen LogP contribution in [0.4, 0.5) is 5.82 Å². The number of phenolic OH excluding ortho intramolecular Hbond substituents is 1. The van der Waals surface area contributed by atoms with Gasteiger partial charge in [0.15, 0.2) is 5.84 Å². The normalized spacial score (nSPS) is 18.0. The number of hydrogen-bond donors (Lipinski definition) is 5. The van der Waals surface area contributed by atoms with E-state index in [2.05, 4.69) is 27.3 Å². The number of aromatic nitrogens is 1. The van der Waals surface area contributed by atoms with Crippen LogP contribution in [-0.4, -0.2) is 34.9 Å². The third kappa shape index (κ3) is 3.23. The number of amides is 1. The number of nitrogens with one attached hydrogen (secondary N) is 2. The van der Waals surface area contributed by atoms with Crippen LogP contribution < -0.4 is 22.2 Å². The Morgan fingerprint density at radius 3 is 2.78 bits per heavy atom. The second kappa shape index (κ2) is 7.91. The van der Waals surface area contributed by atoms with Gasteiger partial charge in [0, 0.05) is 40.3 Å². The number of hydrogen-bond acceptors (Lipinski definition) is 8. The summed E-state index contributed by atoms with van der Waals surface area (Å²) in [6.07, 6.45) is 3.28. The van der Waals surface area contributed by atoms with Gasteiger partial charge in [-0.3, -0.25) is 4.79 Å². The van der Waals surface area contributed by atoms with E-state index in [0.717, 1.165) is 0 Å². The average Bonchev–Trinajstić information content (AvgIpc) is 3.15. The molecule has 1 aromatic heterocycles. The number of rotatable bonds is 4. The van der Waals surface area contributed by atoms with Crippen molar-refractivity contribution >= 4 is 29.1 Å². The molecule has 0 fully saturated rings. The van der Waals surface area contributed by atoms with Gasteiger partial charge < -0.3 is 32.1 Å². The molecule has 0 aliphatic carbocycles. The fourth-order valence-corrected chi connectivity index (χ4v) is 3.80. The third-order valence-corrected chi connectivity index (χ3v) is 5.30. The van der Waals surface area contributed by atoms with Gasteiger partial charge in [-0.25, -0.2) is 9.78 Å². The van der Waals surface area contributed by atoms with Crippen molar-refractivity contribution in [3.63, 3.8) is 0 Å². The van der Waals surface area contributed by atoms with E-state index in [1.165, 1.54) is 19.2 Å². The number of carbonyl (C=O) groups excluding carboxylic acids is 2. The molecule has 32 heavy (non-hydrogen) atoms. The highest BCUT2D eigenvalue weighted by atomic mass is 16.5. The van der Waals surface area contributed by atoms with Crippen molar-refractivity contribution in [3.8, 4) is 5.75 Å². The summed E-state index contributed by atoms with van der Waals surface area (Å²) in [5, 5.41) is 20.3. The van der Waals surface area contributed by atoms with E-state index in [9.17, 15) is 14.7 Å². The predicted molar refractivity (Wildman–Crippen MR) is 118 cm³/mol. The number of amidine groups is 1.